The smallest absolute Gasteiger partial charge is 0.268 e. The van der Waals surface area contributed by atoms with Gasteiger partial charge in [0.25, 0.3) is 0 Å². The standard InChI is InChI=1S/C13H14F3N3O2S/c1-2-7-19-11(20)17-18-12(19)22(21)8-9-5-3-4-6-10(9)13(14,15)16/h3-6H,2,7-8H2,1H3,(H,17,20). The predicted molar refractivity (Wildman–Crippen MR) is 74.7 cm³/mol. The molecule has 1 unspecified atom stereocenters. The molecule has 0 aliphatic carbocycles. The van der Waals surface area contributed by atoms with E-state index in [2.05, 4.69) is 10.2 Å². The summed E-state index contributed by atoms with van der Waals surface area (Å²) in [6.07, 6.45) is -3.90. The molecule has 2 aromatic rings. The fourth-order valence-corrected chi connectivity index (χ4v) is 3.26. The van der Waals surface area contributed by atoms with E-state index >= 15 is 0 Å². The van der Waals surface area contributed by atoms with Crippen LogP contribution in [0.4, 0.5) is 13.2 Å². The highest BCUT2D eigenvalue weighted by molar-refractivity contribution is 7.84. The molecular weight excluding hydrogens is 319 g/mol. The Bertz CT molecular complexity index is 737. The van der Waals surface area contributed by atoms with E-state index in [-0.39, 0.29) is 16.5 Å². The van der Waals surface area contributed by atoms with E-state index in [0.29, 0.717) is 13.0 Å². The molecule has 2 rings (SSSR count). The number of nitrogens with zero attached hydrogens (tertiary/aromatic N) is 2. The van der Waals surface area contributed by atoms with Crippen molar-refractivity contribution in [2.24, 2.45) is 0 Å². The summed E-state index contributed by atoms with van der Waals surface area (Å²) >= 11 is 0. The molecule has 0 aliphatic heterocycles. The number of hydrogen-bond acceptors (Lipinski definition) is 3. The van der Waals surface area contributed by atoms with E-state index < -0.39 is 28.2 Å². The van der Waals surface area contributed by atoms with Gasteiger partial charge in [-0.3, -0.25) is 8.78 Å². The zero-order valence-electron chi connectivity index (χ0n) is 11.7. The van der Waals surface area contributed by atoms with Crippen molar-refractivity contribution in [2.75, 3.05) is 0 Å². The monoisotopic (exact) mass is 333 g/mol. The molecule has 0 saturated carbocycles. The Morgan fingerprint density at radius 2 is 2.00 bits per heavy atom. The van der Waals surface area contributed by atoms with E-state index in [0.717, 1.165) is 6.07 Å². The summed E-state index contributed by atoms with van der Waals surface area (Å²) in [7, 11) is -1.85. The van der Waals surface area contributed by atoms with Crippen LogP contribution in [-0.4, -0.2) is 19.0 Å². The molecule has 0 amide bonds. The molecule has 9 heteroatoms. The molecule has 1 aromatic heterocycles. The highest BCUT2D eigenvalue weighted by Gasteiger charge is 2.33. The Labute approximate surface area is 126 Å². The molecule has 1 heterocycles. The fraction of sp³-hybridized carbons (Fsp3) is 0.385. The first kappa shape index (κ1) is 16.5. The van der Waals surface area contributed by atoms with Gasteiger partial charge >= 0.3 is 11.9 Å². The molecule has 22 heavy (non-hydrogen) atoms. The van der Waals surface area contributed by atoms with Gasteiger partial charge in [-0.05, 0) is 18.1 Å². The maximum atomic E-state index is 12.9. The maximum Gasteiger partial charge on any atom is 0.416 e. The van der Waals surface area contributed by atoms with Crippen molar-refractivity contribution < 1.29 is 17.4 Å². The van der Waals surface area contributed by atoms with Gasteiger partial charge in [-0.15, -0.1) is 5.10 Å². The number of nitrogens with one attached hydrogen (secondary N) is 1. The van der Waals surface area contributed by atoms with Crippen LogP contribution in [0.5, 0.6) is 0 Å². The normalized spacial score (nSPS) is 13.3. The van der Waals surface area contributed by atoms with Crippen molar-refractivity contribution in [1.82, 2.24) is 14.8 Å². The largest absolute Gasteiger partial charge is 0.416 e. The van der Waals surface area contributed by atoms with Crippen LogP contribution in [0.1, 0.15) is 24.5 Å². The summed E-state index contributed by atoms with van der Waals surface area (Å²) in [5.41, 5.74) is -1.44. The molecule has 0 bridgehead atoms. The molecule has 1 aromatic carbocycles. The molecule has 120 valence electrons. The lowest BCUT2D eigenvalue weighted by atomic mass is 10.1. The van der Waals surface area contributed by atoms with E-state index in [1.165, 1.54) is 22.8 Å². The summed E-state index contributed by atoms with van der Waals surface area (Å²) in [5.74, 6) is -0.357. The number of rotatable bonds is 5. The van der Waals surface area contributed by atoms with Gasteiger partial charge in [0.2, 0.25) is 5.16 Å². The van der Waals surface area contributed by atoms with E-state index in [1.807, 2.05) is 6.92 Å². The molecule has 0 fully saturated rings. The van der Waals surface area contributed by atoms with Crippen LogP contribution in [0.25, 0.3) is 0 Å². The predicted octanol–water partition coefficient (Wildman–Crippen LogP) is 2.31. The second-order valence-electron chi connectivity index (χ2n) is 4.61. The Hall–Kier alpha value is -1.90. The maximum absolute atomic E-state index is 12.9. The van der Waals surface area contributed by atoms with E-state index in [1.54, 1.807) is 0 Å². The molecular formula is C13H14F3N3O2S. The zero-order chi connectivity index (χ0) is 16.3. The topological polar surface area (TPSA) is 67.8 Å². The first-order valence-electron chi connectivity index (χ1n) is 6.53. The number of halogens is 3. The van der Waals surface area contributed by atoms with Crippen molar-refractivity contribution in [3.05, 3.63) is 45.9 Å². The van der Waals surface area contributed by atoms with Crippen molar-refractivity contribution in [2.45, 2.75) is 37.0 Å². The number of benzene rings is 1. The third-order valence-corrected chi connectivity index (χ3v) is 4.28. The lowest BCUT2D eigenvalue weighted by Crippen LogP contribution is -2.20. The second kappa shape index (κ2) is 6.47. The molecule has 0 aliphatic rings. The van der Waals surface area contributed by atoms with Gasteiger partial charge in [0.1, 0.15) is 0 Å². The minimum atomic E-state index is -4.52. The van der Waals surface area contributed by atoms with Crippen LogP contribution in [0.3, 0.4) is 0 Å². The van der Waals surface area contributed by atoms with Crippen molar-refractivity contribution in [1.29, 1.82) is 0 Å². The lowest BCUT2D eigenvalue weighted by molar-refractivity contribution is -0.138. The Balaban J connectivity index is 2.33. The third kappa shape index (κ3) is 3.46. The summed E-state index contributed by atoms with van der Waals surface area (Å²) in [4.78, 5) is 11.5. The van der Waals surface area contributed by atoms with Crippen molar-refractivity contribution in [3.63, 3.8) is 0 Å². The Morgan fingerprint density at radius 1 is 1.32 bits per heavy atom. The number of alkyl halides is 3. The molecule has 0 spiro atoms. The van der Waals surface area contributed by atoms with Gasteiger partial charge in [-0.1, -0.05) is 25.1 Å². The second-order valence-corrected chi connectivity index (χ2v) is 5.95. The first-order chi connectivity index (χ1) is 10.3. The lowest BCUT2D eigenvalue weighted by Gasteiger charge is -2.12. The van der Waals surface area contributed by atoms with Crippen LogP contribution in [0.2, 0.25) is 0 Å². The average Bonchev–Trinajstić information content (AvgIpc) is 2.80. The van der Waals surface area contributed by atoms with E-state index in [9.17, 15) is 22.2 Å². The molecule has 1 atom stereocenters. The minimum absolute atomic E-state index is 0.0381. The first-order valence-corrected chi connectivity index (χ1v) is 7.85. The summed E-state index contributed by atoms with van der Waals surface area (Å²) in [5, 5.41) is 5.80. The van der Waals surface area contributed by atoms with Crippen LogP contribution in [0.15, 0.2) is 34.2 Å². The fourth-order valence-electron chi connectivity index (χ4n) is 2.03. The van der Waals surface area contributed by atoms with Crippen LogP contribution in [-0.2, 0) is 29.3 Å². The Kier molecular flexibility index (Phi) is 4.84. The number of aromatic nitrogens is 3. The van der Waals surface area contributed by atoms with E-state index in [4.69, 9.17) is 0 Å². The summed E-state index contributed by atoms with van der Waals surface area (Å²) in [6.45, 7) is 2.13. The van der Waals surface area contributed by atoms with Gasteiger partial charge in [-0.2, -0.15) is 13.2 Å². The average molecular weight is 333 g/mol. The summed E-state index contributed by atoms with van der Waals surface area (Å²) < 4.78 is 52.3. The van der Waals surface area contributed by atoms with Gasteiger partial charge in [0, 0.05) is 6.54 Å². The van der Waals surface area contributed by atoms with Crippen molar-refractivity contribution in [3.8, 4) is 0 Å². The Morgan fingerprint density at radius 3 is 2.64 bits per heavy atom. The highest BCUT2D eigenvalue weighted by Crippen LogP contribution is 2.32. The SMILES string of the molecule is CCCn1c(S(=O)Cc2ccccc2C(F)(F)F)n[nH]c1=O. The number of hydrogen-bond donors (Lipinski definition) is 1. The number of aromatic amines is 1. The third-order valence-electron chi connectivity index (χ3n) is 2.98. The molecule has 0 radical (unpaired) electrons. The number of H-pyrrole nitrogens is 1. The van der Waals surface area contributed by atoms with Gasteiger partial charge in [0.05, 0.1) is 22.1 Å². The molecule has 5 nitrogen and oxygen atoms in total. The van der Waals surface area contributed by atoms with Gasteiger partial charge in [0.15, 0.2) is 0 Å². The summed E-state index contributed by atoms with van der Waals surface area (Å²) in [6, 6.07) is 4.94. The van der Waals surface area contributed by atoms with Crippen molar-refractivity contribution >= 4 is 10.8 Å². The van der Waals surface area contributed by atoms with Gasteiger partial charge < -0.3 is 0 Å². The van der Waals surface area contributed by atoms with Crippen LogP contribution in [0, 0.1) is 0 Å². The quantitative estimate of drug-likeness (QED) is 0.913. The minimum Gasteiger partial charge on any atom is -0.268 e. The van der Waals surface area contributed by atoms with Crippen LogP contribution < -0.4 is 5.69 Å². The molecule has 0 saturated heterocycles. The van der Waals surface area contributed by atoms with Crippen LogP contribution >= 0.6 is 0 Å². The molecule has 1 N–H and O–H groups in total. The van der Waals surface area contributed by atoms with Gasteiger partial charge in [-0.25, -0.2) is 9.89 Å². The highest BCUT2D eigenvalue weighted by atomic mass is 32.2. The zero-order valence-corrected chi connectivity index (χ0v) is 12.5.